The van der Waals surface area contributed by atoms with Crippen molar-refractivity contribution in [3.63, 3.8) is 0 Å². The first kappa shape index (κ1) is 19.5. The van der Waals surface area contributed by atoms with Gasteiger partial charge in [-0.25, -0.2) is 4.39 Å². The van der Waals surface area contributed by atoms with E-state index in [1.54, 1.807) is 6.07 Å². The highest BCUT2D eigenvalue weighted by molar-refractivity contribution is 7.56. The van der Waals surface area contributed by atoms with E-state index in [9.17, 15) is 9.50 Å². The Hall–Kier alpha value is -3.48. The first-order valence-electron chi connectivity index (χ1n) is 10.1. The Kier molecular flexibility index (Phi) is 5.24. The predicted octanol–water partition coefficient (Wildman–Crippen LogP) is 6.65. The summed E-state index contributed by atoms with van der Waals surface area (Å²) < 4.78 is 13.4. The van der Waals surface area contributed by atoms with Gasteiger partial charge in [0.2, 0.25) is 0 Å². The number of fused-ring (bicyclic) bond motifs is 1. The Labute approximate surface area is 182 Å². The maximum atomic E-state index is 13.4. The van der Waals surface area contributed by atoms with E-state index in [4.69, 9.17) is 0 Å². The van der Waals surface area contributed by atoms with Gasteiger partial charge in [-0.2, -0.15) is 0 Å². The summed E-state index contributed by atoms with van der Waals surface area (Å²) in [7, 11) is 0.385. The fraction of sp³-hybridized carbons (Fsp3) is 0. The molecule has 0 saturated carbocycles. The predicted molar refractivity (Wildman–Crippen MR) is 130 cm³/mol. The zero-order valence-electron chi connectivity index (χ0n) is 16.7. The molecule has 0 radical (unpaired) electrons. The summed E-state index contributed by atoms with van der Waals surface area (Å²) in [6, 6.07) is 35.0. The van der Waals surface area contributed by atoms with Crippen LogP contribution >= 0.6 is 8.58 Å². The monoisotopic (exact) mass is 422 g/mol. The van der Waals surface area contributed by atoms with Gasteiger partial charge in [0.1, 0.15) is 11.6 Å². The van der Waals surface area contributed by atoms with Crippen LogP contribution < -0.4 is 10.6 Å². The molecule has 5 aromatic carbocycles. The highest BCUT2D eigenvalue weighted by Crippen LogP contribution is 2.37. The van der Waals surface area contributed by atoms with Crippen molar-refractivity contribution in [1.82, 2.24) is 0 Å². The molecule has 0 fully saturated rings. The Morgan fingerprint density at radius 3 is 1.97 bits per heavy atom. The fourth-order valence-electron chi connectivity index (χ4n) is 3.97. The Balaban J connectivity index is 1.64. The van der Waals surface area contributed by atoms with Crippen LogP contribution in [0.1, 0.15) is 0 Å². The van der Waals surface area contributed by atoms with Crippen molar-refractivity contribution in [2.45, 2.75) is 0 Å². The third kappa shape index (κ3) is 3.83. The van der Waals surface area contributed by atoms with E-state index < -0.39 is 0 Å². The minimum Gasteiger partial charge on any atom is -0.507 e. The smallest absolute Gasteiger partial charge is 0.124 e. The second-order valence-corrected chi connectivity index (χ2v) is 8.73. The van der Waals surface area contributed by atoms with Gasteiger partial charge in [0.15, 0.2) is 0 Å². The summed E-state index contributed by atoms with van der Waals surface area (Å²) in [5.41, 5.74) is 3.98. The molecule has 0 aliphatic rings. The van der Waals surface area contributed by atoms with Gasteiger partial charge in [-0.05, 0) is 56.3 Å². The maximum Gasteiger partial charge on any atom is 0.124 e. The highest BCUT2D eigenvalue weighted by atomic mass is 31.1. The second-order valence-electron chi connectivity index (χ2n) is 7.40. The van der Waals surface area contributed by atoms with E-state index in [-0.39, 0.29) is 11.6 Å². The van der Waals surface area contributed by atoms with Crippen LogP contribution in [0.4, 0.5) is 4.39 Å². The molecule has 3 heteroatoms. The molecule has 0 amide bonds. The number of phenols is 1. The summed E-state index contributed by atoms with van der Waals surface area (Å²) in [6.07, 6.45) is 0. The molecule has 5 rings (SSSR count). The lowest BCUT2D eigenvalue weighted by atomic mass is 9.97. The molecule has 31 heavy (non-hydrogen) atoms. The van der Waals surface area contributed by atoms with Crippen LogP contribution in [0.5, 0.6) is 5.75 Å². The molecule has 0 saturated heterocycles. The van der Waals surface area contributed by atoms with E-state index in [1.807, 2.05) is 54.6 Å². The first-order chi connectivity index (χ1) is 15.2. The van der Waals surface area contributed by atoms with Gasteiger partial charge in [0.05, 0.1) is 0 Å². The van der Waals surface area contributed by atoms with Crippen molar-refractivity contribution in [2.24, 2.45) is 0 Å². The number of hydrogen-bond acceptors (Lipinski definition) is 1. The first-order valence-corrected chi connectivity index (χ1v) is 11.1. The molecule has 0 heterocycles. The van der Waals surface area contributed by atoms with Crippen molar-refractivity contribution in [3.8, 4) is 28.0 Å². The summed E-state index contributed by atoms with van der Waals surface area (Å²) in [6.45, 7) is 0. The van der Waals surface area contributed by atoms with E-state index >= 15 is 0 Å². The molecule has 150 valence electrons. The van der Waals surface area contributed by atoms with E-state index in [0.29, 0.717) is 8.58 Å². The summed E-state index contributed by atoms with van der Waals surface area (Å²) in [5.74, 6) is 0.0447. The van der Waals surface area contributed by atoms with Gasteiger partial charge in [-0.1, -0.05) is 99.6 Å². The second kappa shape index (κ2) is 8.34. The van der Waals surface area contributed by atoms with Crippen molar-refractivity contribution in [1.29, 1.82) is 0 Å². The third-order valence-electron chi connectivity index (χ3n) is 5.46. The molecule has 1 nitrogen and oxygen atoms in total. The summed E-state index contributed by atoms with van der Waals surface area (Å²) in [5, 5.41) is 15.2. The van der Waals surface area contributed by atoms with Crippen LogP contribution in [-0.2, 0) is 0 Å². The van der Waals surface area contributed by atoms with Crippen LogP contribution in [-0.4, -0.2) is 5.11 Å². The van der Waals surface area contributed by atoms with Crippen LogP contribution in [0.3, 0.4) is 0 Å². The van der Waals surface area contributed by atoms with Crippen LogP contribution in [0.15, 0.2) is 109 Å². The fourth-order valence-corrected chi connectivity index (χ4v) is 5.33. The molecule has 1 atom stereocenters. The molecular weight excluding hydrogens is 402 g/mol. The number of hydrogen-bond donors (Lipinski definition) is 1. The van der Waals surface area contributed by atoms with Crippen molar-refractivity contribution in [3.05, 3.63) is 115 Å². The Morgan fingerprint density at radius 2 is 1.19 bits per heavy atom. The van der Waals surface area contributed by atoms with Crippen molar-refractivity contribution >= 4 is 30.0 Å². The molecule has 1 N–H and O–H groups in total. The number of halogens is 1. The number of benzene rings is 5. The molecule has 0 aliphatic heterocycles. The summed E-state index contributed by atoms with van der Waals surface area (Å²) >= 11 is 0. The Bertz CT molecular complexity index is 1380. The van der Waals surface area contributed by atoms with Gasteiger partial charge >= 0.3 is 0 Å². The lowest BCUT2D eigenvalue weighted by Crippen LogP contribution is -2.09. The molecule has 5 aromatic rings. The molecule has 0 bridgehead atoms. The molecular formula is C28H20FOP. The standard InChI is InChI=1S/C28H20FOP/c29-21-16-13-20(14-17-21)22-8-3-5-11-26(22)31-27-12-6-4-10-24(27)28-23-9-2-1-7-19(23)15-18-25(28)30/h1-18,30-31H. The SMILES string of the molecule is Oc1ccc2ccccc2c1-c1ccccc1Pc1ccccc1-c1ccc(F)cc1. The molecule has 0 aliphatic carbocycles. The van der Waals surface area contributed by atoms with E-state index in [2.05, 4.69) is 36.4 Å². The van der Waals surface area contributed by atoms with Gasteiger partial charge in [0.25, 0.3) is 0 Å². The largest absolute Gasteiger partial charge is 0.507 e. The van der Waals surface area contributed by atoms with Crippen LogP contribution in [0, 0.1) is 5.82 Å². The molecule has 1 unspecified atom stereocenters. The average Bonchev–Trinajstić information content (AvgIpc) is 2.81. The van der Waals surface area contributed by atoms with Gasteiger partial charge in [-0.3, -0.25) is 0 Å². The zero-order chi connectivity index (χ0) is 21.2. The highest BCUT2D eigenvalue weighted by Gasteiger charge is 2.14. The summed E-state index contributed by atoms with van der Waals surface area (Å²) in [4.78, 5) is 0. The van der Waals surface area contributed by atoms with Crippen molar-refractivity contribution in [2.75, 3.05) is 0 Å². The van der Waals surface area contributed by atoms with E-state index in [0.717, 1.165) is 38.3 Å². The van der Waals surface area contributed by atoms with Crippen LogP contribution in [0.25, 0.3) is 33.0 Å². The third-order valence-corrected chi connectivity index (χ3v) is 6.87. The zero-order valence-corrected chi connectivity index (χ0v) is 17.7. The van der Waals surface area contributed by atoms with E-state index in [1.165, 1.54) is 17.4 Å². The lowest BCUT2D eigenvalue weighted by Gasteiger charge is -2.16. The normalized spacial score (nSPS) is 11.4. The minimum absolute atomic E-state index is 0.236. The Morgan fingerprint density at radius 1 is 0.581 bits per heavy atom. The van der Waals surface area contributed by atoms with Gasteiger partial charge < -0.3 is 5.11 Å². The number of aromatic hydroxyl groups is 1. The quantitative estimate of drug-likeness (QED) is 0.322. The number of rotatable bonds is 4. The average molecular weight is 422 g/mol. The molecule has 0 spiro atoms. The minimum atomic E-state index is -0.236. The van der Waals surface area contributed by atoms with Crippen LogP contribution in [0.2, 0.25) is 0 Å². The van der Waals surface area contributed by atoms with Gasteiger partial charge in [0, 0.05) is 5.56 Å². The number of phenolic OH excluding ortho intramolecular Hbond substituents is 1. The topological polar surface area (TPSA) is 20.2 Å². The molecule has 0 aromatic heterocycles. The van der Waals surface area contributed by atoms with Crippen molar-refractivity contribution < 1.29 is 9.50 Å². The van der Waals surface area contributed by atoms with Gasteiger partial charge in [-0.15, -0.1) is 0 Å². The maximum absolute atomic E-state index is 13.4. The lowest BCUT2D eigenvalue weighted by molar-refractivity contribution is 0.478.